The lowest BCUT2D eigenvalue weighted by molar-refractivity contribution is 0.0966. The number of hydrogen-bond donors (Lipinski definition) is 3. The second-order valence-electron chi connectivity index (χ2n) is 7.24. The molecule has 2 amide bonds. The van der Waals surface area contributed by atoms with Crippen LogP contribution in [0.1, 0.15) is 20.7 Å². The molecule has 3 aromatic rings. The van der Waals surface area contributed by atoms with Gasteiger partial charge in [0.15, 0.2) is 39.7 Å². The highest BCUT2D eigenvalue weighted by Gasteiger charge is 2.19. The largest absolute Gasteiger partial charge is 0.454 e. The van der Waals surface area contributed by atoms with E-state index in [1.165, 1.54) is 6.20 Å². The Morgan fingerprint density at radius 3 is 2.03 bits per heavy atom. The van der Waals surface area contributed by atoms with Gasteiger partial charge in [-0.1, -0.05) is 0 Å². The molecule has 0 bridgehead atoms. The zero-order chi connectivity index (χ0) is 25.1. The Hall–Kier alpha value is -4.49. The number of anilines is 1. The minimum absolute atomic E-state index is 0.0310. The van der Waals surface area contributed by atoms with E-state index in [0.717, 1.165) is 0 Å². The number of carbonyl (C=O) groups is 2. The van der Waals surface area contributed by atoms with Gasteiger partial charge >= 0.3 is 0 Å². The van der Waals surface area contributed by atoms with Crippen LogP contribution in [0.5, 0.6) is 28.7 Å². The fraction of sp³-hybridized carbons (Fsp3) is 0.0870. The molecular weight excluding hydrogens is 508 g/mol. The summed E-state index contributed by atoms with van der Waals surface area (Å²) in [4.78, 5) is 29.3. The van der Waals surface area contributed by atoms with Crippen LogP contribution in [0.3, 0.4) is 0 Å². The first-order valence-electron chi connectivity index (χ1n) is 10.4. The molecular formula is C23H16N4O7S2. The van der Waals surface area contributed by atoms with Gasteiger partial charge in [-0.25, -0.2) is 4.98 Å². The molecule has 2 aliphatic rings. The van der Waals surface area contributed by atoms with Crippen molar-refractivity contribution >= 4 is 52.4 Å². The van der Waals surface area contributed by atoms with Crippen molar-refractivity contribution < 1.29 is 33.3 Å². The standard InChI is InChI=1S/C23H16N4O7S2/c28-20(12-3-5-14-17(8-12)32-10-30-14)26-22(35)25-19-16(2-1-7-24-19)34-23(36)27-21(29)13-4-6-15-18(9-13)33-11-31-15/h1-9H,10-11H2,(H,27,29,36)(H2,24,25,26,28,35). The maximum absolute atomic E-state index is 12.6. The van der Waals surface area contributed by atoms with Gasteiger partial charge in [0, 0.05) is 17.3 Å². The summed E-state index contributed by atoms with van der Waals surface area (Å²) in [6.45, 7) is 0.194. The lowest BCUT2D eigenvalue weighted by Crippen LogP contribution is -2.35. The highest BCUT2D eigenvalue weighted by molar-refractivity contribution is 7.80. The van der Waals surface area contributed by atoms with Crippen molar-refractivity contribution in [3.63, 3.8) is 0 Å². The van der Waals surface area contributed by atoms with Crippen LogP contribution >= 0.6 is 24.4 Å². The zero-order valence-corrected chi connectivity index (χ0v) is 19.9. The molecule has 0 aliphatic carbocycles. The van der Waals surface area contributed by atoms with Crippen molar-refractivity contribution in [2.75, 3.05) is 18.9 Å². The lowest BCUT2D eigenvalue weighted by atomic mass is 10.2. The highest BCUT2D eigenvalue weighted by atomic mass is 32.1. The van der Waals surface area contributed by atoms with Crippen LogP contribution < -0.4 is 39.6 Å². The summed E-state index contributed by atoms with van der Waals surface area (Å²) in [6, 6.07) is 12.7. The summed E-state index contributed by atoms with van der Waals surface area (Å²) in [6.07, 6.45) is 1.49. The molecule has 0 atom stereocenters. The second-order valence-corrected chi connectivity index (χ2v) is 8.02. The topological polar surface area (TPSA) is 129 Å². The summed E-state index contributed by atoms with van der Waals surface area (Å²) in [5.41, 5.74) is 0.635. The molecule has 0 saturated carbocycles. The van der Waals surface area contributed by atoms with Crippen LogP contribution in [0.4, 0.5) is 5.82 Å². The number of thiocarbonyl (C=S) groups is 2. The van der Waals surface area contributed by atoms with Crippen molar-refractivity contribution in [3.8, 4) is 28.7 Å². The van der Waals surface area contributed by atoms with Crippen LogP contribution in [0, 0.1) is 0 Å². The van der Waals surface area contributed by atoms with E-state index in [4.69, 9.17) is 48.1 Å². The van der Waals surface area contributed by atoms with Gasteiger partial charge in [0.25, 0.3) is 17.0 Å². The van der Waals surface area contributed by atoms with E-state index in [1.807, 2.05) is 0 Å². The Bertz CT molecular complexity index is 1290. The van der Waals surface area contributed by atoms with E-state index >= 15 is 0 Å². The maximum atomic E-state index is 12.6. The van der Waals surface area contributed by atoms with Crippen LogP contribution in [0.2, 0.25) is 0 Å². The number of amides is 2. The fourth-order valence-corrected chi connectivity index (χ4v) is 3.62. The molecule has 5 rings (SSSR count). The normalized spacial score (nSPS) is 12.4. The molecule has 0 spiro atoms. The number of fused-ring (bicyclic) bond motifs is 2. The molecule has 2 aliphatic heterocycles. The molecule has 0 radical (unpaired) electrons. The minimum Gasteiger partial charge on any atom is -0.454 e. The minimum atomic E-state index is -0.497. The maximum Gasteiger partial charge on any atom is 0.269 e. The van der Waals surface area contributed by atoms with E-state index in [0.29, 0.717) is 34.1 Å². The molecule has 2 aromatic carbocycles. The van der Waals surface area contributed by atoms with Gasteiger partial charge in [-0.05, 0) is 73.0 Å². The number of aromatic nitrogens is 1. The van der Waals surface area contributed by atoms with E-state index in [9.17, 15) is 9.59 Å². The Kier molecular flexibility index (Phi) is 6.47. The molecule has 36 heavy (non-hydrogen) atoms. The summed E-state index contributed by atoms with van der Waals surface area (Å²) >= 11 is 10.4. The molecule has 0 fully saturated rings. The van der Waals surface area contributed by atoms with Gasteiger partial charge in [-0.15, -0.1) is 0 Å². The van der Waals surface area contributed by atoms with Gasteiger partial charge in [0.2, 0.25) is 13.6 Å². The average molecular weight is 525 g/mol. The number of hydrogen-bond acceptors (Lipinski definition) is 10. The summed E-state index contributed by atoms with van der Waals surface area (Å²) in [7, 11) is 0. The molecule has 0 saturated heterocycles. The third kappa shape index (κ3) is 5.11. The second kappa shape index (κ2) is 10.0. The predicted molar refractivity (Wildman–Crippen MR) is 134 cm³/mol. The number of nitrogens with one attached hydrogen (secondary N) is 3. The van der Waals surface area contributed by atoms with Crippen molar-refractivity contribution in [1.29, 1.82) is 0 Å². The van der Waals surface area contributed by atoms with Crippen molar-refractivity contribution in [1.82, 2.24) is 15.6 Å². The van der Waals surface area contributed by atoms with Gasteiger partial charge in [0.1, 0.15) is 0 Å². The first-order chi connectivity index (χ1) is 17.5. The van der Waals surface area contributed by atoms with Crippen LogP contribution in [0.15, 0.2) is 54.7 Å². The SMILES string of the molecule is O=C(NC(=S)Nc1ncccc1OC(=S)NC(=O)c1ccc2c(c1)OCO2)c1ccc2c(c1)OCO2. The molecule has 3 heterocycles. The molecule has 182 valence electrons. The predicted octanol–water partition coefficient (Wildman–Crippen LogP) is 2.76. The third-order valence-corrected chi connectivity index (χ3v) is 5.31. The van der Waals surface area contributed by atoms with Gasteiger partial charge in [-0.2, -0.15) is 0 Å². The van der Waals surface area contributed by atoms with Crippen LogP contribution in [0.25, 0.3) is 0 Å². The number of ether oxygens (including phenoxy) is 5. The number of pyridine rings is 1. The third-order valence-electron chi connectivity index (χ3n) is 4.92. The average Bonchev–Trinajstić information content (AvgIpc) is 3.53. The first-order valence-corrected chi connectivity index (χ1v) is 11.2. The molecule has 0 unspecified atom stereocenters. The number of carbonyl (C=O) groups excluding carboxylic acids is 2. The van der Waals surface area contributed by atoms with Gasteiger partial charge in [0.05, 0.1) is 0 Å². The summed E-state index contributed by atoms with van der Waals surface area (Å²) in [5, 5.41) is 7.58. The van der Waals surface area contributed by atoms with Gasteiger partial charge < -0.3 is 29.0 Å². The summed E-state index contributed by atoms with van der Waals surface area (Å²) in [5.74, 6) is 1.44. The van der Waals surface area contributed by atoms with E-state index in [2.05, 4.69) is 20.9 Å². The van der Waals surface area contributed by atoms with Crippen LogP contribution in [-0.4, -0.2) is 40.7 Å². The van der Waals surface area contributed by atoms with Crippen molar-refractivity contribution in [2.24, 2.45) is 0 Å². The number of rotatable bonds is 4. The molecule has 11 nitrogen and oxygen atoms in total. The smallest absolute Gasteiger partial charge is 0.269 e. The highest BCUT2D eigenvalue weighted by Crippen LogP contribution is 2.33. The number of benzene rings is 2. The van der Waals surface area contributed by atoms with E-state index in [1.54, 1.807) is 48.5 Å². The van der Waals surface area contributed by atoms with E-state index < -0.39 is 11.8 Å². The Labute approximate surface area is 214 Å². The van der Waals surface area contributed by atoms with Crippen LogP contribution in [-0.2, 0) is 0 Å². The fourth-order valence-electron chi connectivity index (χ4n) is 3.25. The first kappa shape index (κ1) is 23.3. The number of nitrogens with zero attached hydrogens (tertiary/aromatic N) is 1. The Balaban J connectivity index is 1.19. The summed E-state index contributed by atoms with van der Waals surface area (Å²) < 4.78 is 26.6. The quantitative estimate of drug-likeness (QED) is 0.436. The zero-order valence-electron chi connectivity index (χ0n) is 18.2. The Morgan fingerprint density at radius 2 is 1.39 bits per heavy atom. The lowest BCUT2D eigenvalue weighted by Gasteiger charge is -2.14. The van der Waals surface area contributed by atoms with Crippen molar-refractivity contribution in [2.45, 2.75) is 0 Å². The Morgan fingerprint density at radius 1 is 0.806 bits per heavy atom. The monoisotopic (exact) mass is 524 g/mol. The molecule has 13 heteroatoms. The molecule has 3 N–H and O–H groups in total. The molecule has 1 aromatic heterocycles. The van der Waals surface area contributed by atoms with Crippen molar-refractivity contribution in [3.05, 3.63) is 65.9 Å². The van der Waals surface area contributed by atoms with E-state index in [-0.39, 0.29) is 35.4 Å². The van der Waals surface area contributed by atoms with Gasteiger partial charge in [-0.3, -0.25) is 20.2 Å².